The first-order chi connectivity index (χ1) is 19.0. The standard InChI is InChI=1S/C30H30Cl2N4O3S/c1-5-23-8-6-7-9-29(23)35(40(38,39)26-13-10-20(2)11-14-26)19-30(37)34-33-18-24-16-21(3)36(22(24)4)25-12-15-27(31)28(32)17-25/h6-18H,5,19H2,1-4H3,(H,34,37)/b33-18-. The van der Waals surface area contributed by atoms with Gasteiger partial charge in [0.2, 0.25) is 0 Å². The number of carbonyl (C=O) groups is 1. The van der Waals surface area contributed by atoms with Gasteiger partial charge in [0.15, 0.2) is 0 Å². The molecule has 0 atom stereocenters. The summed E-state index contributed by atoms with van der Waals surface area (Å²) in [6.07, 6.45) is 2.14. The van der Waals surface area contributed by atoms with Gasteiger partial charge in [-0.15, -0.1) is 0 Å². The predicted octanol–water partition coefficient (Wildman–Crippen LogP) is 6.62. The van der Waals surface area contributed by atoms with E-state index in [1.54, 1.807) is 48.5 Å². The number of halogens is 2. The monoisotopic (exact) mass is 596 g/mol. The van der Waals surface area contributed by atoms with E-state index in [1.165, 1.54) is 6.21 Å². The molecule has 7 nitrogen and oxygen atoms in total. The van der Waals surface area contributed by atoms with E-state index in [4.69, 9.17) is 23.2 Å². The number of hydrogen-bond donors (Lipinski definition) is 1. The Morgan fingerprint density at radius 1 is 0.975 bits per heavy atom. The molecule has 0 aliphatic carbocycles. The lowest BCUT2D eigenvalue weighted by Gasteiger charge is -2.25. The molecule has 0 spiro atoms. The Hall–Kier alpha value is -3.59. The number of nitrogens with zero attached hydrogens (tertiary/aromatic N) is 3. The van der Waals surface area contributed by atoms with Gasteiger partial charge in [0.1, 0.15) is 6.54 Å². The van der Waals surface area contributed by atoms with Gasteiger partial charge < -0.3 is 4.57 Å². The number of aromatic nitrogens is 1. The molecule has 1 aromatic heterocycles. The molecule has 0 radical (unpaired) electrons. The second-order valence-corrected chi connectivity index (χ2v) is 12.0. The minimum absolute atomic E-state index is 0.107. The molecule has 0 fully saturated rings. The van der Waals surface area contributed by atoms with Crippen LogP contribution in [0.3, 0.4) is 0 Å². The average molecular weight is 598 g/mol. The highest BCUT2D eigenvalue weighted by Crippen LogP contribution is 2.29. The summed E-state index contributed by atoms with van der Waals surface area (Å²) < 4.78 is 30.5. The van der Waals surface area contributed by atoms with Crippen molar-refractivity contribution in [1.82, 2.24) is 9.99 Å². The third kappa shape index (κ3) is 6.25. The molecule has 4 aromatic rings. The Bertz CT molecular complexity index is 1680. The van der Waals surface area contributed by atoms with Crippen LogP contribution in [0.5, 0.6) is 0 Å². The van der Waals surface area contributed by atoms with Gasteiger partial charge in [-0.3, -0.25) is 9.10 Å². The SMILES string of the molecule is CCc1ccccc1N(CC(=O)N/N=C\c1cc(C)n(-c2ccc(Cl)c(Cl)c2)c1C)S(=O)(=O)c1ccc(C)cc1. The molecule has 3 aromatic carbocycles. The third-order valence-electron chi connectivity index (χ3n) is 6.56. The van der Waals surface area contributed by atoms with Crippen LogP contribution < -0.4 is 9.73 Å². The van der Waals surface area contributed by atoms with Crippen molar-refractivity contribution in [3.8, 4) is 5.69 Å². The lowest BCUT2D eigenvalue weighted by Crippen LogP contribution is -2.40. The Balaban J connectivity index is 1.58. The summed E-state index contributed by atoms with van der Waals surface area (Å²) >= 11 is 12.3. The Morgan fingerprint density at radius 2 is 1.68 bits per heavy atom. The molecule has 0 aliphatic rings. The third-order valence-corrected chi connectivity index (χ3v) is 9.07. The van der Waals surface area contributed by atoms with Crippen molar-refractivity contribution in [1.29, 1.82) is 0 Å². The molecule has 0 bridgehead atoms. The maximum atomic E-state index is 13.7. The van der Waals surface area contributed by atoms with E-state index in [-0.39, 0.29) is 4.90 Å². The smallest absolute Gasteiger partial charge is 0.264 e. The summed E-state index contributed by atoms with van der Waals surface area (Å²) in [5.41, 5.74) is 8.14. The summed E-state index contributed by atoms with van der Waals surface area (Å²) in [5.74, 6) is -0.573. The van der Waals surface area contributed by atoms with Crippen molar-refractivity contribution in [2.75, 3.05) is 10.8 Å². The summed E-state index contributed by atoms with van der Waals surface area (Å²) in [6, 6.07) is 21.0. The molecule has 0 unspecified atom stereocenters. The number of sulfonamides is 1. The molecular weight excluding hydrogens is 567 g/mol. The normalized spacial score (nSPS) is 11.7. The van der Waals surface area contributed by atoms with Gasteiger partial charge in [-0.2, -0.15) is 5.10 Å². The van der Waals surface area contributed by atoms with Gasteiger partial charge in [-0.05, 0) is 75.2 Å². The molecule has 0 saturated carbocycles. The van der Waals surface area contributed by atoms with E-state index in [2.05, 4.69) is 10.5 Å². The zero-order valence-corrected chi connectivity index (χ0v) is 25.0. The van der Waals surface area contributed by atoms with Gasteiger partial charge in [0.25, 0.3) is 15.9 Å². The Kier molecular flexibility index (Phi) is 9.03. The van der Waals surface area contributed by atoms with Crippen molar-refractivity contribution in [3.05, 3.63) is 111 Å². The van der Waals surface area contributed by atoms with Crippen LogP contribution in [0.1, 0.15) is 35.0 Å². The predicted molar refractivity (Wildman–Crippen MR) is 163 cm³/mol. The van der Waals surface area contributed by atoms with E-state index in [0.717, 1.165) is 38.1 Å². The quantitative estimate of drug-likeness (QED) is 0.174. The molecule has 40 heavy (non-hydrogen) atoms. The second kappa shape index (κ2) is 12.3. The van der Waals surface area contributed by atoms with Gasteiger partial charge in [-0.25, -0.2) is 13.8 Å². The fourth-order valence-corrected chi connectivity index (χ4v) is 6.22. The van der Waals surface area contributed by atoms with E-state index >= 15 is 0 Å². The lowest BCUT2D eigenvalue weighted by atomic mass is 10.1. The van der Waals surface area contributed by atoms with Gasteiger partial charge in [0, 0.05) is 22.6 Å². The van der Waals surface area contributed by atoms with Crippen LogP contribution in [0.25, 0.3) is 5.69 Å². The summed E-state index contributed by atoms with van der Waals surface area (Å²) in [5, 5.41) is 5.05. The highest BCUT2D eigenvalue weighted by Gasteiger charge is 2.28. The number of hydrogen-bond acceptors (Lipinski definition) is 4. The van der Waals surface area contributed by atoms with E-state index < -0.39 is 22.5 Å². The molecule has 4 rings (SSSR count). The fraction of sp³-hybridized carbons (Fsp3) is 0.200. The van der Waals surface area contributed by atoms with Crippen LogP contribution in [-0.2, 0) is 21.2 Å². The maximum Gasteiger partial charge on any atom is 0.264 e. The first-order valence-corrected chi connectivity index (χ1v) is 14.9. The highest BCUT2D eigenvalue weighted by atomic mass is 35.5. The van der Waals surface area contributed by atoms with E-state index in [0.29, 0.717) is 22.2 Å². The van der Waals surface area contributed by atoms with Crippen molar-refractivity contribution in [3.63, 3.8) is 0 Å². The number of rotatable bonds is 9. The molecular formula is C30H30Cl2N4O3S. The molecule has 1 N–H and O–H groups in total. The number of carbonyl (C=O) groups excluding carboxylic acids is 1. The summed E-state index contributed by atoms with van der Waals surface area (Å²) in [4.78, 5) is 13.1. The van der Waals surface area contributed by atoms with E-state index in [9.17, 15) is 13.2 Å². The lowest BCUT2D eigenvalue weighted by molar-refractivity contribution is -0.119. The van der Waals surface area contributed by atoms with Crippen molar-refractivity contribution >= 4 is 51.0 Å². The minimum Gasteiger partial charge on any atom is -0.318 e. The molecule has 0 saturated heterocycles. The van der Waals surface area contributed by atoms with Crippen LogP contribution in [0.4, 0.5) is 5.69 Å². The largest absolute Gasteiger partial charge is 0.318 e. The maximum absolute atomic E-state index is 13.7. The summed E-state index contributed by atoms with van der Waals surface area (Å²) in [6.45, 7) is 7.26. The van der Waals surface area contributed by atoms with Crippen molar-refractivity contribution in [2.45, 2.75) is 39.0 Å². The molecule has 10 heteroatoms. The number of para-hydroxylation sites is 1. The molecule has 1 heterocycles. The molecule has 1 amide bonds. The van der Waals surface area contributed by atoms with Crippen LogP contribution >= 0.6 is 23.2 Å². The molecule has 0 aliphatic heterocycles. The van der Waals surface area contributed by atoms with Crippen LogP contribution in [-0.4, -0.2) is 31.7 Å². The number of anilines is 1. The minimum atomic E-state index is -4.02. The van der Waals surface area contributed by atoms with Crippen LogP contribution in [0.2, 0.25) is 10.0 Å². The van der Waals surface area contributed by atoms with E-state index in [1.807, 2.05) is 56.5 Å². The fourth-order valence-electron chi connectivity index (χ4n) is 4.47. The first-order valence-electron chi connectivity index (χ1n) is 12.7. The highest BCUT2D eigenvalue weighted by molar-refractivity contribution is 7.92. The number of nitrogens with one attached hydrogen (secondary N) is 1. The number of benzene rings is 3. The van der Waals surface area contributed by atoms with Crippen LogP contribution in [0.15, 0.2) is 82.8 Å². The topological polar surface area (TPSA) is 83.8 Å². The number of amides is 1. The van der Waals surface area contributed by atoms with Gasteiger partial charge in [-0.1, -0.05) is 66.0 Å². The average Bonchev–Trinajstić information content (AvgIpc) is 3.21. The molecule has 208 valence electrons. The Labute approximate surface area is 245 Å². The number of aryl methyl sites for hydroxylation is 3. The van der Waals surface area contributed by atoms with Crippen molar-refractivity contribution in [2.24, 2.45) is 5.10 Å². The van der Waals surface area contributed by atoms with Gasteiger partial charge >= 0.3 is 0 Å². The Morgan fingerprint density at radius 3 is 2.35 bits per heavy atom. The summed E-state index contributed by atoms with van der Waals surface area (Å²) in [7, 11) is -4.02. The number of hydrazone groups is 1. The second-order valence-electron chi connectivity index (χ2n) is 9.36. The zero-order chi connectivity index (χ0) is 29.0. The van der Waals surface area contributed by atoms with Crippen molar-refractivity contribution < 1.29 is 13.2 Å². The zero-order valence-electron chi connectivity index (χ0n) is 22.7. The van der Waals surface area contributed by atoms with Gasteiger partial charge in [0.05, 0.1) is 26.8 Å². The van der Waals surface area contributed by atoms with Crippen LogP contribution in [0, 0.1) is 20.8 Å². The first kappa shape index (κ1) is 29.4.